The van der Waals surface area contributed by atoms with Crippen LogP contribution in [0.1, 0.15) is 47.4 Å². The fraction of sp³-hybridized carbons (Fsp3) is 0.250. The number of aromatic carboxylic acids is 1. The molecule has 2 aromatic carbocycles. The summed E-state index contributed by atoms with van der Waals surface area (Å²) < 4.78 is 2.73. The van der Waals surface area contributed by atoms with Gasteiger partial charge in [0.05, 0.1) is 23.7 Å². The predicted molar refractivity (Wildman–Crippen MR) is 102 cm³/mol. The number of benzene rings is 2. The lowest BCUT2D eigenvalue weighted by Gasteiger charge is -2.17. The molecule has 0 bridgehead atoms. The fourth-order valence-electron chi connectivity index (χ4n) is 3.04. The molecule has 3 rings (SSSR count). The third-order valence-electron chi connectivity index (χ3n) is 4.38. The van der Waals surface area contributed by atoms with E-state index in [2.05, 4.69) is 35.8 Å². The van der Waals surface area contributed by atoms with E-state index < -0.39 is 12.1 Å². The van der Waals surface area contributed by atoms with Crippen LogP contribution in [0.3, 0.4) is 0 Å². The van der Waals surface area contributed by atoms with Gasteiger partial charge >= 0.3 is 5.97 Å². The Bertz CT molecular complexity index is 930. The van der Waals surface area contributed by atoms with Gasteiger partial charge in [-0.05, 0) is 41.3 Å². The molecule has 2 N–H and O–H groups in total. The highest BCUT2D eigenvalue weighted by Gasteiger charge is 2.16. The maximum Gasteiger partial charge on any atom is 0.337 e. The van der Waals surface area contributed by atoms with E-state index in [1.807, 2.05) is 30.5 Å². The Morgan fingerprint density at radius 1 is 1.16 bits per heavy atom. The van der Waals surface area contributed by atoms with Gasteiger partial charge in [0.25, 0.3) is 0 Å². The van der Waals surface area contributed by atoms with Gasteiger partial charge in [0.1, 0.15) is 0 Å². The van der Waals surface area contributed by atoms with Gasteiger partial charge in [-0.2, -0.15) is 0 Å². The molecule has 0 radical (unpaired) electrons. The minimum Gasteiger partial charge on any atom is -0.478 e. The molecule has 0 amide bonds. The number of para-hydroxylation sites is 1. The molecule has 0 aliphatic heterocycles. The lowest BCUT2D eigenvalue weighted by Crippen LogP contribution is -2.10. The van der Waals surface area contributed by atoms with E-state index >= 15 is 0 Å². The molecule has 1 heterocycles. The Kier molecular flexibility index (Phi) is 4.97. The van der Waals surface area contributed by atoms with Crippen LogP contribution in [0.5, 0.6) is 0 Å². The third-order valence-corrected chi connectivity index (χ3v) is 4.84. The van der Waals surface area contributed by atoms with Crippen LogP contribution in [0.2, 0.25) is 0 Å². The molecule has 0 aliphatic rings. The number of aromatic nitrogens is 1. The largest absolute Gasteiger partial charge is 0.478 e. The molecule has 3 aromatic rings. The first-order valence-electron chi connectivity index (χ1n) is 8.16. The van der Waals surface area contributed by atoms with Gasteiger partial charge in [-0.3, -0.25) is 0 Å². The van der Waals surface area contributed by atoms with Gasteiger partial charge < -0.3 is 14.8 Å². The van der Waals surface area contributed by atoms with Crippen molar-refractivity contribution in [3.05, 3.63) is 69.8 Å². The summed E-state index contributed by atoms with van der Waals surface area (Å²) in [7, 11) is 0. The quantitative estimate of drug-likeness (QED) is 0.634. The Morgan fingerprint density at radius 2 is 1.88 bits per heavy atom. The third kappa shape index (κ3) is 3.62. The summed E-state index contributed by atoms with van der Waals surface area (Å²) in [4.78, 5) is 11.5. The van der Waals surface area contributed by atoms with Crippen molar-refractivity contribution in [2.24, 2.45) is 0 Å². The molecular weight excluding hydrogens is 382 g/mol. The van der Waals surface area contributed by atoms with Crippen LogP contribution < -0.4 is 0 Å². The second kappa shape index (κ2) is 7.02. The van der Waals surface area contributed by atoms with Crippen molar-refractivity contribution in [3.8, 4) is 0 Å². The molecular formula is C20H20BrNO3. The van der Waals surface area contributed by atoms with Gasteiger partial charge in [0, 0.05) is 16.1 Å². The summed E-state index contributed by atoms with van der Waals surface area (Å²) in [5, 5.41) is 21.0. The molecule has 0 saturated heterocycles. The van der Waals surface area contributed by atoms with Crippen LogP contribution in [0.25, 0.3) is 10.9 Å². The van der Waals surface area contributed by atoms with Gasteiger partial charge in [0.15, 0.2) is 0 Å². The van der Waals surface area contributed by atoms with Gasteiger partial charge in [0.2, 0.25) is 0 Å². The fourth-order valence-corrected chi connectivity index (χ4v) is 3.57. The number of nitrogens with zero attached hydrogens (tertiary/aromatic N) is 1. The van der Waals surface area contributed by atoms with Crippen molar-refractivity contribution in [3.63, 3.8) is 0 Å². The summed E-state index contributed by atoms with van der Waals surface area (Å²) in [6.45, 7) is 4.51. The Hall–Kier alpha value is -2.11. The van der Waals surface area contributed by atoms with Crippen molar-refractivity contribution >= 4 is 32.8 Å². The zero-order valence-corrected chi connectivity index (χ0v) is 15.7. The van der Waals surface area contributed by atoms with Gasteiger partial charge in [-0.15, -0.1) is 0 Å². The average molecular weight is 402 g/mol. The van der Waals surface area contributed by atoms with E-state index in [4.69, 9.17) is 0 Å². The van der Waals surface area contributed by atoms with Crippen LogP contribution in [-0.2, 0) is 6.54 Å². The maximum atomic E-state index is 11.5. The predicted octanol–water partition coefficient (Wildman–Crippen LogP) is 4.96. The maximum absolute atomic E-state index is 11.5. The normalized spacial score (nSPS) is 12.7. The smallest absolute Gasteiger partial charge is 0.337 e. The van der Waals surface area contributed by atoms with Crippen molar-refractivity contribution in [2.75, 3.05) is 0 Å². The Morgan fingerprint density at radius 3 is 2.56 bits per heavy atom. The van der Waals surface area contributed by atoms with Crippen molar-refractivity contribution in [2.45, 2.75) is 32.4 Å². The van der Waals surface area contributed by atoms with Crippen LogP contribution in [0.15, 0.2) is 53.1 Å². The van der Waals surface area contributed by atoms with Crippen molar-refractivity contribution < 1.29 is 15.0 Å². The van der Waals surface area contributed by atoms with Crippen LogP contribution in [0.4, 0.5) is 0 Å². The standard InChI is InChI=1S/C20H20BrNO3/c1-12(2)14-8-15(10-16(21)9-14)18(23)11-22-7-6-13-4-3-5-17(19(13)22)20(24)25/h3-10,12,18,23H,11H2,1-2H3,(H,24,25)/t18-/m1/s1. The molecule has 0 saturated carbocycles. The number of carbonyl (C=O) groups is 1. The van der Waals surface area contributed by atoms with E-state index in [1.165, 1.54) is 0 Å². The molecule has 130 valence electrons. The number of aliphatic hydroxyl groups is 1. The van der Waals surface area contributed by atoms with E-state index in [1.54, 1.807) is 16.7 Å². The van der Waals surface area contributed by atoms with Crippen molar-refractivity contribution in [1.29, 1.82) is 0 Å². The van der Waals surface area contributed by atoms with Crippen LogP contribution in [-0.4, -0.2) is 20.7 Å². The van der Waals surface area contributed by atoms with Crippen LogP contribution >= 0.6 is 15.9 Å². The van der Waals surface area contributed by atoms with E-state index in [0.717, 1.165) is 21.0 Å². The summed E-state index contributed by atoms with van der Waals surface area (Å²) in [6.07, 6.45) is 1.09. The highest BCUT2D eigenvalue weighted by Crippen LogP contribution is 2.28. The van der Waals surface area contributed by atoms with E-state index in [0.29, 0.717) is 18.0 Å². The summed E-state index contributed by atoms with van der Waals surface area (Å²) >= 11 is 3.50. The van der Waals surface area contributed by atoms with Gasteiger partial charge in [-0.25, -0.2) is 4.79 Å². The molecule has 0 unspecified atom stereocenters. The number of hydrogen-bond acceptors (Lipinski definition) is 2. The number of rotatable bonds is 5. The molecule has 0 aliphatic carbocycles. The lowest BCUT2D eigenvalue weighted by atomic mass is 9.98. The number of hydrogen-bond donors (Lipinski definition) is 2. The van der Waals surface area contributed by atoms with Crippen LogP contribution in [0, 0.1) is 0 Å². The zero-order valence-electron chi connectivity index (χ0n) is 14.1. The Labute approximate surface area is 154 Å². The molecule has 0 spiro atoms. The zero-order chi connectivity index (χ0) is 18.1. The van der Waals surface area contributed by atoms with Crippen molar-refractivity contribution in [1.82, 2.24) is 4.57 Å². The first kappa shape index (κ1) is 17.7. The SMILES string of the molecule is CC(C)c1cc(Br)cc([C@H](O)Cn2ccc3cccc(C(=O)O)c32)c1. The molecule has 1 atom stereocenters. The minimum absolute atomic E-state index is 0.242. The number of carboxylic acid groups (broad SMARTS) is 1. The summed E-state index contributed by atoms with van der Waals surface area (Å²) in [6, 6.07) is 13.0. The first-order chi connectivity index (χ1) is 11.9. The number of fused-ring (bicyclic) bond motifs is 1. The summed E-state index contributed by atoms with van der Waals surface area (Å²) in [5.74, 6) is -0.612. The molecule has 1 aromatic heterocycles. The first-order valence-corrected chi connectivity index (χ1v) is 8.95. The second-order valence-corrected chi connectivity index (χ2v) is 7.42. The molecule has 4 nitrogen and oxygen atoms in total. The Balaban J connectivity index is 1.98. The number of carboxylic acids is 1. The molecule has 0 fully saturated rings. The number of aliphatic hydroxyl groups excluding tert-OH is 1. The highest BCUT2D eigenvalue weighted by molar-refractivity contribution is 9.10. The van der Waals surface area contributed by atoms with Gasteiger partial charge in [-0.1, -0.05) is 48.0 Å². The molecule has 5 heteroatoms. The lowest BCUT2D eigenvalue weighted by molar-refractivity contribution is 0.0698. The monoisotopic (exact) mass is 401 g/mol. The van der Waals surface area contributed by atoms with E-state index in [-0.39, 0.29) is 5.56 Å². The summed E-state index contributed by atoms with van der Waals surface area (Å²) in [5.41, 5.74) is 2.83. The van der Waals surface area contributed by atoms with E-state index in [9.17, 15) is 15.0 Å². The second-order valence-electron chi connectivity index (χ2n) is 6.51. The highest BCUT2D eigenvalue weighted by atomic mass is 79.9. The minimum atomic E-state index is -0.968. The average Bonchev–Trinajstić information content (AvgIpc) is 2.97. The molecule has 25 heavy (non-hydrogen) atoms. The number of halogens is 1. The topological polar surface area (TPSA) is 62.5 Å².